The third-order valence-electron chi connectivity index (χ3n) is 4.80. The van der Waals surface area contributed by atoms with Crippen LogP contribution in [0.25, 0.3) is 21.9 Å². The lowest BCUT2D eigenvalue weighted by atomic mass is 10.1. The van der Waals surface area contributed by atoms with Gasteiger partial charge in [-0.1, -0.05) is 18.2 Å². The number of rotatable bonds is 6. The Bertz CT molecular complexity index is 1260. The molecule has 0 aliphatic heterocycles. The molecule has 4 rings (SSSR count). The summed E-state index contributed by atoms with van der Waals surface area (Å²) in [6.07, 6.45) is 0. The molecular formula is C22H19N3O5. The Hall–Kier alpha value is -4.07. The number of ether oxygens (including phenoxy) is 1. The summed E-state index contributed by atoms with van der Waals surface area (Å²) in [7, 11) is 1.43. The topological polar surface area (TPSA) is 107 Å². The van der Waals surface area contributed by atoms with E-state index in [2.05, 4.69) is 10.6 Å². The minimum atomic E-state index is -0.607. The molecule has 0 fully saturated rings. The largest absolute Gasteiger partial charge is 0.495 e. The average Bonchev–Trinajstić information content (AvgIpc) is 3.11. The van der Waals surface area contributed by atoms with Gasteiger partial charge < -0.3 is 19.8 Å². The van der Waals surface area contributed by atoms with E-state index in [0.29, 0.717) is 5.75 Å². The molecule has 1 amide bonds. The first-order chi connectivity index (χ1) is 14.5. The molecule has 0 aliphatic carbocycles. The fraction of sp³-hybridized carbons (Fsp3) is 0.136. The molecule has 1 heterocycles. The molecule has 0 radical (unpaired) electrons. The SMILES string of the molecule is COc1ccc([N+](=O)[O-])cc1NC(=O)[C@H](C)Nc1ccc2oc3ccccc3c2c1. The summed E-state index contributed by atoms with van der Waals surface area (Å²) in [5, 5.41) is 18.8. The first-order valence-electron chi connectivity index (χ1n) is 9.27. The number of nitrogens with one attached hydrogen (secondary N) is 2. The fourth-order valence-electron chi connectivity index (χ4n) is 3.28. The maximum Gasteiger partial charge on any atom is 0.271 e. The van der Waals surface area contributed by atoms with Crippen LogP contribution in [-0.4, -0.2) is 24.0 Å². The summed E-state index contributed by atoms with van der Waals surface area (Å²) in [5.74, 6) is -0.0154. The Labute approximate surface area is 171 Å². The molecule has 0 saturated carbocycles. The second kappa shape index (κ2) is 7.75. The van der Waals surface area contributed by atoms with Crippen LogP contribution in [-0.2, 0) is 4.79 Å². The Morgan fingerprint density at radius 3 is 2.60 bits per heavy atom. The highest BCUT2D eigenvalue weighted by molar-refractivity contribution is 6.06. The number of nitro benzene ring substituents is 1. The van der Waals surface area contributed by atoms with Crippen molar-refractivity contribution < 1.29 is 18.9 Å². The standard InChI is InChI=1S/C22H19N3O5/c1-13(22(26)24-18-12-15(25(27)28)8-10-21(18)29-2)23-14-7-9-20-17(11-14)16-5-3-4-6-19(16)30-20/h3-13,23H,1-2H3,(H,24,26)/t13-/m0/s1. The van der Waals surface area contributed by atoms with Gasteiger partial charge >= 0.3 is 0 Å². The minimum Gasteiger partial charge on any atom is -0.495 e. The molecule has 0 aliphatic rings. The second-order valence-electron chi connectivity index (χ2n) is 6.81. The monoisotopic (exact) mass is 405 g/mol. The number of para-hydroxylation sites is 1. The summed E-state index contributed by atoms with van der Waals surface area (Å²) < 4.78 is 11.0. The van der Waals surface area contributed by atoms with E-state index in [4.69, 9.17) is 9.15 Å². The zero-order valence-electron chi connectivity index (χ0n) is 16.3. The Balaban J connectivity index is 1.54. The number of non-ortho nitro benzene ring substituents is 1. The van der Waals surface area contributed by atoms with Crippen molar-refractivity contribution in [3.8, 4) is 5.75 Å². The molecule has 1 aromatic heterocycles. The molecule has 3 aromatic carbocycles. The quantitative estimate of drug-likeness (QED) is 0.347. The summed E-state index contributed by atoms with van der Waals surface area (Å²) in [6.45, 7) is 1.71. The fourth-order valence-corrected chi connectivity index (χ4v) is 3.28. The number of hydrogen-bond acceptors (Lipinski definition) is 6. The molecule has 152 valence electrons. The molecule has 0 unspecified atom stereocenters. The predicted octanol–water partition coefficient (Wildman–Crippen LogP) is 4.94. The minimum absolute atomic E-state index is 0.135. The number of amides is 1. The maximum atomic E-state index is 12.7. The number of furan rings is 1. The Morgan fingerprint density at radius 1 is 1.07 bits per heavy atom. The zero-order chi connectivity index (χ0) is 21.3. The molecule has 8 heteroatoms. The van der Waals surface area contributed by atoms with Gasteiger partial charge in [0.1, 0.15) is 23.0 Å². The number of carbonyl (C=O) groups is 1. The second-order valence-corrected chi connectivity index (χ2v) is 6.81. The molecule has 4 aromatic rings. The van der Waals surface area contributed by atoms with Gasteiger partial charge in [0.05, 0.1) is 17.7 Å². The number of carbonyl (C=O) groups excluding carboxylic acids is 1. The van der Waals surface area contributed by atoms with Crippen LogP contribution in [0.15, 0.2) is 65.1 Å². The predicted molar refractivity (Wildman–Crippen MR) is 115 cm³/mol. The smallest absolute Gasteiger partial charge is 0.271 e. The summed E-state index contributed by atoms with van der Waals surface area (Å²) in [4.78, 5) is 23.2. The van der Waals surface area contributed by atoms with E-state index < -0.39 is 11.0 Å². The summed E-state index contributed by atoms with van der Waals surface area (Å²) in [6, 6.07) is 16.8. The Kier molecular flexibility index (Phi) is 4.97. The third-order valence-corrected chi connectivity index (χ3v) is 4.80. The van der Waals surface area contributed by atoms with E-state index in [0.717, 1.165) is 27.6 Å². The number of fused-ring (bicyclic) bond motifs is 3. The lowest BCUT2D eigenvalue weighted by Gasteiger charge is -2.16. The van der Waals surface area contributed by atoms with Gasteiger partial charge in [-0.3, -0.25) is 14.9 Å². The van der Waals surface area contributed by atoms with Crippen molar-refractivity contribution in [2.45, 2.75) is 13.0 Å². The molecular weight excluding hydrogens is 386 g/mol. The van der Waals surface area contributed by atoms with Crippen LogP contribution < -0.4 is 15.4 Å². The van der Waals surface area contributed by atoms with Crippen LogP contribution >= 0.6 is 0 Å². The molecule has 0 spiro atoms. The first-order valence-corrected chi connectivity index (χ1v) is 9.27. The van der Waals surface area contributed by atoms with Crippen LogP contribution in [0.2, 0.25) is 0 Å². The highest BCUT2D eigenvalue weighted by Crippen LogP contribution is 2.31. The van der Waals surface area contributed by atoms with E-state index in [1.54, 1.807) is 6.92 Å². The van der Waals surface area contributed by atoms with Gasteiger partial charge in [-0.05, 0) is 37.3 Å². The van der Waals surface area contributed by atoms with Gasteiger partial charge in [-0.25, -0.2) is 0 Å². The molecule has 2 N–H and O–H groups in total. The van der Waals surface area contributed by atoms with Crippen molar-refractivity contribution in [3.05, 3.63) is 70.8 Å². The molecule has 30 heavy (non-hydrogen) atoms. The zero-order valence-corrected chi connectivity index (χ0v) is 16.3. The van der Waals surface area contributed by atoms with Crippen molar-refractivity contribution in [1.29, 1.82) is 0 Å². The van der Waals surface area contributed by atoms with Crippen molar-refractivity contribution in [2.24, 2.45) is 0 Å². The van der Waals surface area contributed by atoms with Crippen LogP contribution in [0.5, 0.6) is 5.75 Å². The highest BCUT2D eigenvalue weighted by Gasteiger charge is 2.18. The molecule has 8 nitrogen and oxygen atoms in total. The van der Waals surface area contributed by atoms with Gasteiger partial charge in [0.15, 0.2) is 0 Å². The number of nitrogens with zero attached hydrogens (tertiary/aromatic N) is 1. The Morgan fingerprint density at radius 2 is 1.83 bits per heavy atom. The normalized spacial score (nSPS) is 11.9. The lowest BCUT2D eigenvalue weighted by molar-refractivity contribution is -0.384. The maximum absolute atomic E-state index is 12.7. The summed E-state index contributed by atoms with van der Waals surface area (Å²) >= 11 is 0. The highest BCUT2D eigenvalue weighted by atomic mass is 16.6. The van der Waals surface area contributed by atoms with Gasteiger partial charge in [-0.15, -0.1) is 0 Å². The van der Waals surface area contributed by atoms with Crippen molar-refractivity contribution in [2.75, 3.05) is 17.7 Å². The third kappa shape index (κ3) is 3.62. The van der Waals surface area contributed by atoms with Crippen LogP contribution in [0.4, 0.5) is 17.1 Å². The number of nitro groups is 1. The average molecular weight is 405 g/mol. The van der Waals surface area contributed by atoms with E-state index in [1.165, 1.54) is 25.3 Å². The van der Waals surface area contributed by atoms with E-state index in [1.807, 2.05) is 42.5 Å². The van der Waals surface area contributed by atoms with Gasteiger partial charge in [0, 0.05) is 28.6 Å². The van der Waals surface area contributed by atoms with Gasteiger partial charge in [0.2, 0.25) is 5.91 Å². The lowest BCUT2D eigenvalue weighted by Crippen LogP contribution is -2.32. The van der Waals surface area contributed by atoms with Crippen LogP contribution in [0, 0.1) is 10.1 Å². The number of hydrogen-bond donors (Lipinski definition) is 2. The van der Waals surface area contributed by atoms with E-state index >= 15 is 0 Å². The van der Waals surface area contributed by atoms with E-state index in [-0.39, 0.29) is 17.3 Å². The molecule has 0 saturated heterocycles. The first kappa shape index (κ1) is 19.3. The van der Waals surface area contributed by atoms with Crippen molar-refractivity contribution in [3.63, 3.8) is 0 Å². The van der Waals surface area contributed by atoms with Crippen LogP contribution in [0.3, 0.4) is 0 Å². The van der Waals surface area contributed by atoms with Crippen LogP contribution in [0.1, 0.15) is 6.92 Å². The molecule has 0 bridgehead atoms. The number of anilines is 2. The van der Waals surface area contributed by atoms with Crippen molar-refractivity contribution in [1.82, 2.24) is 0 Å². The van der Waals surface area contributed by atoms with Gasteiger partial charge in [-0.2, -0.15) is 0 Å². The summed E-state index contributed by atoms with van der Waals surface area (Å²) in [5.41, 5.74) is 2.42. The molecule has 1 atom stereocenters. The number of methoxy groups -OCH3 is 1. The van der Waals surface area contributed by atoms with Gasteiger partial charge in [0.25, 0.3) is 5.69 Å². The number of benzene rings is 3. The van der Waals surface area contributed by atoms with E-state index in [9.17, 15) is 14.9 Å². The van der Waals surface area contributed by atoms with Crippen molar-refractivity contribution >= 4 is 44.9 Å².